The van der Waals surface area contributed by atoms with Crippen LogP contribution in [-0.2, 0) is 6.42 Å². The lowest BCUT2D eigenvalue weighted by Crippen LogP contribution is -2.22. The molecule has 0 spiro atoms. The van der Waals surface area contributed by atoms with E-state index in [1.165, 1.54) is 6.07 Å². The lowest BCUT2D eigenvalue weighted by Gasteiger charge is -2.16. The lowest BCUT2D eigenvalue weighted by atomic mass is 10.0. The average Bonchev–Trinajstić information content (AvgIpc) is 2.80. The van der Waals surface area contributed by atoms with Crippen LogP contribution < -0.4 is 5.32 Å². The molecule has 19 heavy (non-hydrogen) atoms. The van der Waals surface area contributed by atoms with Crippen LogP contribution in [0.4, 0.5) is 4.39 Å². The van der Waals surface area contributed by atoms with Gasteiger partial charge in [-0.2, -0.15) is 0 Å². The quantitative estimate of drug-likeness (QED) is 0.885. The van der Waals surface area contributed by atoms with Crippen molar-refractivity contribution < 1.29 is 8.81 Å². The molecule has 0 fully saturated rings. The summed E-state index contributed by atoms with van der Waals surface area (Å²) >= 11 is 5.81. The van der Waals surface area contributed by atoms with Crippen molar-refractivity contribution >= 4 is 11.6 Å². The molecule has 102 valence electrons. The molecule has 0 saturated heterocycles. The summed E-state index contributed by atoms with van der Waals surface area (Å²) in [7, 11) is 0. The number of hydrogen-bond acceptors (Lipinski definition) is 2. The topological polar surface area (TPSA) is 25.2 Å². The Kier molecular flexibility index (Phi) is 4.61. The average molecular weight is 282 g/mol. The summed E-state index contributed by atoms with van der Waals surface area (Å²) in [5, 5.41) is 3.52. The summed E-state index contributed by atoms with van der Waals surface area (Å²) in [5.74, 6) is 1.38. The first-order valence-corrected chi connectivity index (χ1v) is 6.71. The Morgan fingerprint density at radius 1 is 1.32 bits per heavy atom. The van der Waals surface area contributed by atoms with Crippen molar-refractivity contribution in [3.05, 3.63) is 58.3 Å². The first-order valence-electron chi connectivity index (χ1n) is 6.33. The van der Waals surface area contributed by atoms with E-state index in [0.717, 1.165) is 23.6 Å². The molecule has 0 radical (unpaired) electrons. The molecule has 1 N–H and O–H groups in total. The van der Waals surface area contributed by atoms with Gasteiger partial charge in [-0.15, -0.1) is 0 Å². The Bertz CT molecular complexity index is 553. The number of halogens is 2. The second-order valence-corrected chi connectivity index (χ2v) is 4.92. The van der Waals surface area contributed by atoms with Crippen LogP contribution in [0.15, 0.2) is 34.7 Å². The van der Waals surface area contributed by atoms with Gasteiger partial charge in [-0.25, -0.2) is 4.39 Å². The van der Waals surface area contributed by atoms with E-state index < -0.39 is 0 Å². The number of aryl methyl sites for hydroxylation is 1. The van der Waals surface area contributed by atoms with Gasteiger partial charge < -0.3 is 9.73 Å². The van der Waals surface area contributed by atoms with Gasteiger partial charge in [-0.3, -0.25) is 0 Å². The molecular formula is C15H17ClFNO. The molecule has 1 aromatic carbocycles. The number of nitrogens with one attached hydrogen (secondary N) is 1. The van der Waals surface area contributed by atoms with Crippen LogP contribution in [0.1, 0.15) is 30.0 Å². The highest BCUT2D eigenvalue weighted by atomic mass is 35.5. The number of furan rings is 1. The van der Waals surface area contributed by atoms with Gasteiger partial charge in [0.2, 0.25) is 0 Å². The number of rotatable bonds is 5. The zero-order chi connectivity index (χ0) is 13.8. The fourth-order valence-corrected chi connectivity index (χ4v) is 2.27. The van der Waals surface area contributed by atoms with Crippen LogP contribution in [0.25, 0.3) is 0 Å². The summed E-state index contributed by atoms with van der Waals surface area (Å²) < 4.78 is 18.8. The predicted molar refractivity (Wildman–Crippen MR) is 75.0 cm³/mol. The smallest absolute Gasteiger partial charge is 0.141 e. The molecule has 2 nitrogen and oxygen atoms in total. The number of benzene rings is 1. The van der Waals surface area contributed by atoms with Gasteiger partial charge in [-0.05, 0) is 49.7 Å². The maximum atomic E-state index is 13.1. The molecule has 0 aliphatic carbocycles. The highest BCUT2D eigenvalue weighted by Gasteiger charge is 2.15. The molecule has 0 bridgehead atoms. The molecule has 4 heteroatoms. The van der Waals surface area contributed by atoms with Crippen LogP contribution in [0.3, 0.4) is 0 Å². The molecule has 0 aliphatic heterocycles. The first kappa shape index (κ1) is 14.1. The van der Waals surface area contributed by atoms with Crippen molar-refractivity contribution in [1.82, 2.24) is 5.32 Å². The standard InChI is InChI=1S/C15H17ClFNO/c1-3-18-14(15-7-4-10(2)19-15)9-11-5-6-13(17)12(16)8-11/h4-8,14,18H,3,9H2,1-2H3. The molecule has 1 aromatic heterocycles. The van der Waals surface area contributed by atoms with E-state index in [1.807, 2.05) is 26.0 Å². The molecule has 2 rings (SSSR count). The monoisotopic (exact) mass is 281 g/mol. The van der Waals surface area contributed by atoms with Crippen molar-refractivity contribution in [2.75, 3.05) is 6.54 Å². The SMILES string of the molecule is CCNC(Cc1ccc(F)c(Cl)c1)c1ccc(C)o1. The van der Waals surface area contributed by atoms with Gasteiger partial charge >= 0.3 is 0 Å². The Labute approximate surface area is 117 Å². The minimum absolute atomic E-state index is 0.0697. The predicted octanol–water partition coefficient (Wildman–Crippen LogP) is 4.27. The van der Waals surface area contributed by atoms with Crippen molar-refractivity contribution in [3.8, 4) is 0 Å². The fourth-order valence-electron chi connectivity index (χ4n) is 2.06. The summed E-state index contributed by atoms with van der Waals surface area (Å²) in [6.45, 7) is 4.79. The van der Waals surface area contributed by atoms with Crippen molar-refractivity contribution in [2.45, 2.75) is 26.3 Å². The zero-order valence-electron chi connectivity index (χ0n) is 11.0. The van der Waals surface area contributed by atoms with E-state index in [1.54, 1.807) is 12.1 Å². The van der Waals surface area contributed by atoms with E-state index >= 15 is 0 Å². The van der Waals surface area contributed by atoms with Crippen LogP contribution in [0.2, 0.25) is 5.02 Å². The molecular weight excluding hydrogens is 265 g/mol. The lowest BCUT2D eigenvalue weighted by molar-refractivity contribution is 0.403. The summed E-state index contributed by atoms with van der Waals surface area (Å²) in [6, 6.07) is 8.79. The minimum Gasteiger partial charge on any atom is -0.465 e. The first-order chi connectivity index (χ1) is 9.10. The number of hydrogen-bond donors (Lipinski definition) is 1. The molecule has 1 unspecified atom stereocenters. The van der Waals surface area contributed by atoms with Gasteiger partial charge in [0.05, 0.1) is 11.1 Å². The third-order valence-electron chi connectivity index (χ3n) is 2.98. The van der Waals surface area contributed by atoms with Gasteiger partial charge in [0.25, 0.3) is 0 Å². The van der Waals surface area contributed by atoms with Gasteiger partial charge in [0.1, 0.15) is 17.3 Å². The Hall–Kier alpha value is -1.32. The Balaban J connectivity index is 2.18. The van der Waals surface area contributed by atoms with E-state index in [4.69, 9.17) is 16.0 Å². The van der Waals surface area contributed by atoms with Gasteiger partial charge in [0.15, 0.2) is 0 Å². The maximum absolute atomic E-state index is 13.1. The molecule has 2 aromatic rings. The molecule has 0 amide bonds. The summed E-state index contributed by atoms with van der Waals surface area (Å²) in [4.78, 5) is 0. The van der Waals surface area contributed by atoms with Crippen molar-refractivity contribution in [1.29, 1.82) is 0 Å². The molecule has 0 saturated carbocycles. The zero-order valence-corrected chi connectivity index (χ0v) is 11.8. The van der Waals surface area contributed by atoms with Crippen LogP contribution in [-0.4, -0.2) is 6.54 Å². The third kappa shape index (κ3) is 3.58. The normalized spacial score (nSPS) is 12.6. The molecule has 1 atom stereocenters. The van der Waals surface area contributed by atoms with Crippen molar-refractivity contribution in [2.24, 2.45) is 0 Å². The van der Waals surface area contributed by atoms with Gasteiger partial charge in [0, 0.05) is 0 Å². The van der Waals surface area contributed by atoms with E-state index in [2.05, 4.69) is 5.32 Å². The second kappa shape index (κ2) is 6.22. The van der Waals surface area contributed by atoms with E-state index in [0.29, 0.717) is 6.42 Å². The van der Waals surface area contributed by atoms with Gasteiger partial charge in [-0.1, -0.05) is 24.6 Å². The third-order valence-corrected chi connectivity index (χ3v) is 3.27. The van der Waals surface area contributed by atoms with Crippen molar-refractivity contribution in [3.63, 3.8) is 0 Å². The highest BCUT2D eigenvalue weighted by molar-refractivity contribution is 6.30. The minimum atomic E-state index is -0.390. The van der Waals surface area contributed by atoms with Crippen LogP contribution in [0, 0.1) is 12.7 Å². The van der Waals surface area contributed by atoms with E-state index in [9.17, 15) is 4.39 Å². The molecule has 0 aliphatic rings. The Morgan fingerprint density at radius 3 is 2.68 bits per heavy atom. The van der Waals surface area contributed by atoms with Crippen LogP contribution >= 0.6 is 11.6 Å². The molecule has 1 heterocycles. The summed E-state index contributed by atoms with van der Waals surface area (Å²) in [6.07, 6.45) is 0.709. The van der Waals surface area contributed by atoms with Crippen LogP contribution in [0.5, 0.6) is 0 Å². The van der Waals surface area contributed by atoms with E-state index in [-0.39, 0.29) is 16.9 Å². The fraction of sp³-hybridized carbons (Fsp3) is 0.333. The second-order valence-electron chi connectivity index (χ2n) is 4.51. The number of likely N-dealkylation sites (N-methyl/N-ethyl adjacent to an activating group) is 1. The summed E-state index contributed by atoms with van der Waals surface area (Å²) in [5.41, 5.74) is 0.978. The largest absolute Gasteiger partial charge is 0.465 e. The Morgan fingerprint density at radius 2 is 2.11 bits per heavy atom. The maximum Gasteiger partial charge on any atom is 0.141 e. The highest BCUT2D eigenvalue weighted by Crippen LogP contribution is 2.23.